The Bertz CT molecular complexity index is 845. The molecule has 8 heteroatoms. The molecular formula is C23H34FIN4O2. The van der Waals surface area contributed by atoms with Gasteiger partial charge in [-0.05, 0) is 62.3 Å². The van der Waals surface area contributed by atoms with E-state index in [-0.39, 0.29) is 35.9 Å². The zero-order chi connectivity index (χ0) is 20.8. The van der Waals surface area contributed by atoms with Crippen molar-refractivity contribution in [3.8, 4) is 0 Å². The van der Waals surface area contributed by atoms with E-state index in [9.17, 15) is 4.39 Å². The highest BCUT2D eigenvalue weighted by Crippen LogP contribution is 2.20. The van der Waals surface area contributed by atoms with Gasteiger partial charge in [0.15, 0.2) is 5.96 Å². The van der Waals surface area contributed by atoms with E-state index in [2.05, 4.69) is 20.2 Å². The summed E-state index contributed by atoms with van der Waals surface area (Å²) in [4.78, 5) is 9.92. The molecule has 0 radical (unpaired) electrons. The van der Waals surface area contributed by atoms with Gasteiger partial charge in [0.1, 0.15) is 5.82 Å². The molecule has 2 aliphatic heterocycles. The van der Waals surface area contributed by atoms with E-state index in [4.69, 9.17) is 9.47 Å². The molecule has 0 saturated carbocycles. The standard InChI is InChI=1S/C23H33FN4O2.HI/c1-25-23(26-10-7-17-15-27-22-14-18(24)5-6-21(17)22)28-11-8-19(9-12-28)30-16-20-4-2-3-13-29-20;/h5-6,14-15,19-20,27H,2-4,7-13,16H2,1H3,(H,25,26);1H. The number of hydrogen-bond acceptors (Lipinski definition) is 3. The summed E-state index contributed by atoms with van der Waals surface area (Å²) in [6.07, 6.45) is 9.01. The average Bonchev–Trinajstić information content (AvgIpc) is 3.18. The van der Waals surface area contributed by atoms with Crippen LogP contribution in [0, 0.1) is 5.82 Å². The van der Waals surface area contributed by atoms with Gasteiger partial charge in [-0.2, -0.15) is 0 Å². The second kappa shape index (κ2) is 12.0. The predicted molar refractivity (Wildman–Crippen MR) is 133 cm³/mol. The van der Waals surface area contributed by atoms with Gasteiger partial charge in [-0.1, -0.05) is 0 Å². The van der Waals surface area contributed by atoms with Crippen LogP contribution < -0.4 is 5.32 Å². The largest absolute Gasteiger partial charge is 0.376 e. The highest BCUT2D eigenvalue weighted by molar-refractivity contribution is 14.0. The Labute approximate surface area is 201 Å². The van der Waals surface area contributed by atoms with Crippen molar-refractivity contribution in [1.29, 1.82) is 0 Å². The van der Waals surface area contributed by atoms with Crippen molar-refractivity contribution in [2.45, 2.75) is 50.7 Å². The lowest BCUT2D eigenvalue weighted by molar-refractivity contribution is -0.0721. The lowest BCUT2D eigenvalue weighted by atomic mass is 10.1. The predicted octanol–water partition coefficient (Wildman–Crippen LogP) is 4.09. The summed E-state index contributed by atoms with van der Waals surface area (Å²) in [5, 5.41) is 4.56. The molecule has 1 unspecified atom stereocenters. The fraction of sp³-hybridized carbons (Fsp3) is 0.609. The van der Waals surface area contributed by atoms with Crippen LogP contribution in [-0.4, -0.2) is 67.9 Å². The normalized spacial score (nSPS) is 20.6. The molecule has 2 fully saturated rings. The van der Waals surface area contributed by atoms with Crippen molar-refractivity contribution < 1.29 is 13.9 Å². The van der Waals surface area contributed by atoms with Gasteiger partial charge in [-0.3, -0.25) is 4.99 Å². The third-order valence-electron chi connectivity index (χ3n) is 6.15. The van der Waals surface area contributed by atoms with Gasteiger partial charge < -0.3 is 24.7 Å². The first-order chi connectivity index (χ1) is 14.7. The summed E-state index contributed by atoms with van der Waals surface area (Å²) in [6.45, 7) is 4.28. The summed E-state index contributed by atoms with van der Waals surface area (Å²) >= 11 is 0. The third-order valence-corrected chi connectivity index (χ3v) is 6.15. The molecule has 4 rings (SSSR count). The number of H-pyrrole nitrogens is 1. The van der Waals surface area contributed by atoms with Crippen LogP contribution >= 0.6 is 24.0 Å². The van der Waals surface area contributed by atoms with E-state index >= 15 is 0 Å². The molecular weight excluding hydrogens is 510 g/mol. The van der Waals surface area contributed by atoms with Gasteiger partial charge in [-0.25, -0.2) is 4.39 Å². The molecule has 1 atom stereocenters. The van der Waals surface area contributed by atoms with E-state index in [1.54, 1.807) is 0 Å². The summed E-state index contributed by atoms with van der Waals surface area (Å²) < 4.78 is 25.2. The molecule has 0 bridgehead atoms. The number of rotatable bonds is 6. The molecule has 2 saturated heterocycles. The Morgan fingerprint density at radius 3 is 2.87 bits per heavy atom. The van der Waals surface area contributed by atoms with Crippen LogP contribution in [0.1, 0.15) is 37.7 Å². The molecule has 6 nitrogen and oxygen atoms in total. The summed E-state index contributed by atoms with van der Waals surface area (Å²) in [5.74, 6) is 0.725. The van der Waals surface area contributed by atoms with Crippen LogP contribution in [-0.2, 0) is 15.9 Å². The number of nitrogens with zero attached hydrogens (tertiary/aromatic N) is 2. The summed E-state index contributed by atoms with van der Waals surface area (Å²) in [5.41, 5.74) is 2.03. The monoisotopic (exact) mass is 544 g/mol. The van der Waals surface area contributed by atoms with Crippen molar-refractivity contribution in [3.63, 3.8) is 0 Å². The fourth-order valence-corrected chi connectivity index (χ4v) is 4.42. The van der Waals surface area contributed by atoms with Crippen molar-refractivity contribution in [1.82, 2.24) is 15.2 Å². The van der Waals surface area contributed by atoms with E-state index < -0.39 is 0 Å². The number of aromatic nitrogens is 1. The van der Waals surface area contributed by atoms with E-state index in [1.165, 1.54) is 30.5 Å². The van der Waals surface area contributed by atoms with Crippen LogP contribution in [0.15, 0.2) is 29.4 Å². The van der Waals surface area contributed by atoms with E-state index in [0.717, 1.165) is 75.4 Å². The van der Waals surface area contributed by atoms with Gasteiger partial charge in [0.2, 0.25) is 0 Å². The van der Waals surface area contributed by atoms with Gasteiger partial charge in [0.05, 0.1) is 18.8 Å². The molecule has 31 heavy (non-hydrogen) atoms. The smallest absolute Gasteiger partial charge is 0.193 e. The number of hydrogen-bond donors (Lipinski definition) is 2. The van der Waals surface area contributed by atoms with E-state index in [0.29, 0.717) is 6.10 Å². The van der Waals surface area contributed by atoms with Crippen molar-refractivity contribution in [2.24, 2.45) is 4.99 Å². The van der Waals surface area contributed by atoms with Crippen molar-refractivity contribution in [3.05, 3.63) is 35.8 Å². The Kier molecular flexibility index (Phi) is 9.40. The maximum absolute atomic E-state index is 13.4. The molecule has 1 aromatic heterocycles. The fourth-order valence-electron chi connectivity index (χ4n) is 4.42. The molecule has 1 aromatic carbocycles. The maximum atomic E-state index is 13.4. The second-order valence-corrected chi connectivity index (χ2v) is 8.24. The Hall–Kier alpha value is -1.39. The van der Waals surface area contributed by atoms with Gasteiger partial charge in [-0.15, -0.1) is 24.0 Å². The minimum absolute atomic E-state index is 0. The molecule has 2 N–H and O–H groups in total. The molecule has 0 amide bonds. The number of guanidine groups is 1. The SMILES string of the molecule is CN=C(NCCc1c[nH]c2cc(F)ccc12)N1CCC(OCC2CCCCO2)CC1.I. The summed E-state index contributed by atoms with van der Waals surface area (Å²) in [7, 11) is 1.83. The number of fused-ring (bicyclic) bond motifs is 1. The number of benzene rings is 1. The summed E-state index contributed by atoms with van der Waals surface area (Å²) in [6, 6.07) is 4.89. The zero-order valence-corrected chi connectivity index (χ0v) is 20.6. The maximum Gasteiger partial charge on any atom is 0.193 e. The van der Waals surface area contributed by atoms with Crippen molar-refractivity contribution >= 4 is 40.8 Å². The Morgan fingerprint density at radius 1 is 1.29 bits per heavy atom. The molecule has 172 valence electrons. The zero-order valence-electron chi connectivity index (χ0n) is 18.2. The van der Waals surface area contributed by atoms with Crippen LogP contribution in [0.4, 0.5) is 4.39 Å². The number of halogens is 2. The van der Waals surface area contributed by atoms with Crippen molar-refractivity contribution in [2.75, 3.05) is 39.9 Å². The topological polar surface area (TPSA) is 61.9 Å². The quantitative estimate of drug-likeness (QED) is 0.327. The Balaban J connectivity index is 0.00000272. The van der Waals surface area contributed by atoms with E-state index in [1.807, 2.05) is 19.3 Å². The minimum Gasteiger partial charge on any atom is -0.376 e. The van der Waals surface area contributed by atoms with Crippen LogP contribution in [0.2, 0.25) is 0 Å². The molecule has 0 spiro atoms. The Morgan fingerprint density at radius 2 is 2.13 bits per heavy atom. The van der Waals surface area contributed by atoms with Crippen LogP contribution in [0.25, 0.3) is 10.9 Å². The lowest BCUT2D eigenvalue weighted by Crippen LogP contribution is -2.47. The first kappa shape index (κ1) is 24.3. The highest BCUT2D eigenvalue weighted by atomic mass is 127. The molecule has 2 aliphatic rings. The lowest BCUT2D eigenvalue weighted by Gasteiger charge is -2.35. The van der Waals surface area contributed by atoms with Gasteiger partial charge in [0.25, 0.3) is 0 Å². The number of nitrogens with one attached hydrogen (secondary N) is 2. The number of aliphatic imine (C=N–C) groups is 1. The highest BCUT2D eigenvalue weighted by Gasteiger charge is 2.23. The second-order valence-electron chi connectivity index (χ2n) is 8.24. The molecule has 3 heterocycles. The number of ether oxygens (including phenoxy) is 2. The number of piperidine rings is 1. The average molecular weight is 544 g/mol. The van der Waals surface area contributed by atoms with Gasteiger partial charge in [0, 0.05) is 50.4 Å². The third kappa shape index (κ3) is 6.55. The molecule has 0 aliphatic carbocycles. The number of aromatic amines is 1. The minimum atomic E-state index is -0.215. The molecule has 2 aromatic rings. The van der Waals surface area contributed by atoms with Crippen LogP contribution in [0.5, 0.6) is 0 Å². The first-order valence-corrected chi connectivity index (χ1v) is 11.2. The number of likely N-dealkylation sites (tertiary alicyclic amines) is 1. The van der Waals surface area contributed by atoms with Gasteiger partial charge >= 0.3 is 0 Å². The first-order valence-electron chi connectivity index (χ1n) is 11.2. The van der Waals surface area contributed by atoms with Crippen LogP contribution in [0.3, 0.4) is 0 Å².